The number of aryl methyl sites for hydroxylation is 2. The summed E-state index contributed by atoms with van der Waals surface area (Å²) in [7, 11) is -1.68. The largest absolute Gasteiger partial charge is 0.491 e. The van der Waals surface area contributed by atoms with Gasteiger partial charge in [0.2, 0.25) is 5.91 Å². The second-order valence-electron chi connectivity index (χ2n) is 13.0. The summed E-state index contributed by atoms with van der Waals surface area (Å²) >= 11 is 6.45. The van der Waals surface area contributed by atoms with Crippen molar-refractivity contribution in [1.29, 1.82) is 0 Å². The molecule has 1 aliphatic carbocycles. The minimum absolute atomic E-state index is 0.0333. The third-order valence-electron chi connectivity index (χ3n) is 9.67. The maximum absolute atomic E-state index is 14.2. The summed E-state index contributed by atoms with van der Waals surface area (Å²) in [5.41, 5.74) is 4.15. The summed E-state index contributed by atoms with van der Waals surface area (Å²) < 4.78 is 33.4. The van der Waals surface area contributed by atoms with Crippen molar-refractivity contribution in [1.82, 2.24) is 14.7 Å². The molecule has 2 aliphatic heterocycles. The van der Waals surface area contributed by atoms with E-state index in [9.17, 15) is 13.8 Å². The van der Waals surface area contributed by atoms with E-state index in [-0.39, 0.29) is 23.8 Å². The Bertz CT molecular complexity index is 1790. The molecule has 2 aromatic carbocycles. The quantitative estimate of drug-likeness (QED) is 0.298. The highest BCUT2D eigenvalue weighted by Gasteiger charge is 2.38. The molecule has 3 aromatic rings. The maximum Gasteiger partial charge on any atom is 0.286 e. The lowest BCUT2D eigenvalue weighted by molar-refractivity contribution is -0.119. The van der Waals surface area contributed by atoms with Gasteiger partial charge in [-0.3, -0.25) is 14.3 Å². The third-order valence-corrected chi connectivity index (χ3v) is 11.8. The Morgan fingerprint density at radius 2 is 2.02 bits per heavy atom. The summed E-state index contributed by atoms with van der Waals surface area (Å²) in [5.74, 6) is 0.324. The van der Waals surface area contributed by atoms with Crippen molar-refractivity contribution in [2.45, 2.75) is 70.4 Å². The van der Waals surface area contributed by atoms with Gasteiger partial charge in [0.1, 0.15) is 22.0 Å². The zero-order valence-corrected chi connectivity index (χ0v) is 29.5. The first kappa shape index (κ1) is 35.0. The molecule has 1 saturated carbocycles. The van der Waals surface area contributed by atoms with Crippen LogP contribution in [0.1, 0.15) is 72.1 Å². The van der Waals surface area contributed by atoms with Crippen LogP contribution in [-0.2, 0) is 38.8 Å². The molecule has 2 bridgehead atoms. The monoisotopic (exact) mass is 705 g/mol. The Morgan fingerprint density at radius 3 is 2.82 bits per heavy atom. The lowest BCUT2D eigenvalue weighted by atomic mass is 9.70. The molecule has 12 heteroatoms. The van der Waals surface area contributed by atoms with E-state index in [2.05, 4.69) is 48.2 Å². The number of hydrogen-bond donors (Lipinski definition) is 1. The van der Waals surface area contributed by atoms with Gasteiger partial charge in [-0.05, 0) is 111 Å². The van der Waals surface area contributed by atoms with Gasteiger partial charge in [-0.1, -0.05) is 29.8 Å². The van der Waals surface area contributed by atoms with Gasteiger partial charge in [0.25, 0.3) is 5.91 Å². The van der Waals surface area contributed by atoms with E-state index >= 15 is 0 Å². The van der Waals surface area contributed by atoms with Crippen LogP contribution < -0.4 is 14.4 Å². The van der Waals surface area contributed by atoms with Crippen LogP contribution in [-0.4, -0.2) is 58.1 Å². The molecular weight excluding hydrogens is 662 g/mol. The molecule has 1 fully saturated rings. The zero-order valence-electron chi connectivity index (χ0n) is 27.9. The number of halogens is 1. The summed E-state index contributed by atoms with van der Waals surface area (Å²) in [6.07, 6.45) is 13.5. The van der Waals surface area contributed by atoms with E-state index < -0.39 is 21.7 Å². The van der Waals surface area contributed by atoms with Gasteiger partial charge in [-0.25, -0.2) is 14.2 Å². The van der Waals surface area contributed by atoms with Gasteiger partial charge in [0.05, 0.1) is 24.2 Å². The highest BCUT2D eigenvalue weighted by molar-refractivity contribution is 7.92. The number of amides is 2. The van der Waals surface area contributed by atoms with Crippen molar-refractivity contribution in [2.75, 3.05) is 30.9 Å². The molecule has 0 saturated heterocycles. The Morgan fingerprint density at radius 1 is 1.12 bits per heavy atom. The van der Waals surface area contributed by atoms with Gasteiger partial charge >= 0.3 is 0 Å². The Balaban J connectivity index is 1.38. The van der Waals surface area contributed by atoms with Gasteiger partial charge in [0.15, 0.2) is 0 Å². The molecule has 0 radical (unpaired) electrons. The first-order valence-corrected chi connectivity index (χ1v) is 19.2. The van der Waals surface area contributed by atoms with E-state index in [1.54, 1.807) is 31.5 Å². The number of anilines is 1. The lowest BCUT2D eigenvalue weighted by Gasteiger charge is -2.43. The minimum atomic E-state index is -3.43. The van der Waals surface area contributed by atoms with Crippen LogP contribution >= 0.6 is 11.6 Å². The Hall–Kier alpha value is -3.80. The van der Waals surface area contributed by atoms with Crippen LogP contribution in [0.15, 0.2) is 71.5 Å². The molecule has 3 aliphatic rings. The average molecular weight is 706 g/mol. The predicted molar refractivity (Wildman–Crippen MR) is 191 cm³/mol. The summed E-state index contributed by atoms with van der Waals surface area (Å²) in [6.45, 7) is 1.88. The summed E-state index contributed by atoms with van der Waals surface area (Å²) in [4.78, 5) is 37.2. The maximum atomic E-state index is 14.2. The molecule has 6 rings (SSSR count). The van der Waals surface area contributed by atoms with Crippen molar-refractivity contribution >= 4 is 39.0 Å². The first-order valence-electron chi connectivity index (χ1n) is 17.1. The van der Waals surface area contributed by atoms with E-state index in [1.807, 2.05) is 12.1 Å². The number of aromatic nitrogens is 2. The number of methoxy groups -OCH3 is 1. The Kier molecular flexibility index (Phi) is 11.6. The number of benzene rings is 2. The van der Waals surface area contributed by atoms with Crippen LogP contribution in [0.25, 0.3) is 0 Å². The number of nitrogens with zero attached hydrogens (tertiary/aromatic N) is 4. The normalized spacial score (nSPS) is 25.2. The minimum Gasteiger partial charge on any atom is -0.491 e. The van der Waals surface area contributed by atoms with Crippen LogP contribution in [0, 0.1) is 11.8 Å². The topological polar surface area (TPSA) is 123 Å². The fourth-order valence-corrected chi connectivity index (χ4v) is 8.68. The van der Waals surface area contributed by atoms with Gasteiger partial charge in [-0.2, -0.15) is 0 Å². The molecule has 0 spiro atoms. The smallest absolute Gasteiger partial charge is 0.286 e. The highest BCUT2D eigenvalue weighted by atomic mass is 35.5. The standard InChI is InChI=1S/C37H44ClN5O5S/c1-47-34-8-3-2-6-20-49(46,41-36(44)16-13-31-17-18-39-25-40-31)42-37(45)27-11-15-35-33(22-27)43(24-29-10-14-32(29)34)23-28-9-12-30(38)21-26(28)7-4-5-19-48-35/h3,8-9,11-12,15,17-18,21-22,25,29,32,34H,2,4-7,10,13-14,16,19-20,23-24H2,1H3,(H,41,42,44,45,46)/b8-3+/t29-,32+,34-,49+/m0/s1. The number of fused-ring (bicyclic) bond motifs is 3. The van der Waals surface area contributed by atoms with Crippen LogP contribution in [0.5, 0.6) is 5.75 Å². The Labute approximate surface area is 294 Å². The van der Waals surface area contributed by atoms with Crippen LogP contribution in [0.4, 0.5) is 5.69 Å². The van der Waals surface area contributed by atoms with E-state index in [0.29, 0.717) is 60.7 Å². The van der Waals surface area contributed by atoms with Gasteiger partial charge in [-0.15, -0.1) is 4.36 Å². The van der Waals surface area contributed by atoms with Crippen molar-refractivity contribution in [2.24, 2.45) is 16.2 Å². The molecule has 4 atom stereocenters. The predicted octanol–water partition coefficient (Wildman–Crippen LogP) is 6.52. The summed E-state index contributed by atoms with van der Waals surface area (Å²) in [5, 5.41) is 0.714. The number of carbonyl (C=O) groups excluding carboxylic acids is 2. The fourth-order valence-electron chi connectivity index (χ4n) is 6.86. The molecule has 1 N–H and O–H groups in total. The van der Waals surface area contributed by atoms with Gasteiger partial charge < -0.3 is 14.4 Å². The molecular formula is C37H44ClN5O5S. The molecule has 2 amide bonds. The number of nitrogens with one attached hydrogen (secondary N) is 1. The zero-order chi connectivity index (χ0) is 34.2. The number of ether oxygens (including phenoxy) is 2. The first-order chi connectivity index (χ1) is 23.8. The van der Waals surface area contributed by atoms with E-state index in [0.717, 1.165) is 44.3 Å². The highest BCUT2D eigenvalue weighted by Crippen LogP contribution is 2.42. The van der Waals surface area contributed by atoms with Crippen LogP contribution in [0.2, 0.25) is 5.02 Å². The third kappa shape index (κ3) is 9.06. The molecule has 10 nitrogen and oxygen atoms in total. The number of carbonyl (C=O) groups is 2. The van der Waals surface area contributed by atoms with Gasteiger partial charge in [0, 0.05) is 49.1 Å². The molecule has 49 heavy (non-hydrogen) atoms. The van der Waals surface area contributed by atoms with Crippen molar-refractivity contribution in [3.63, 3.8) is 0 Å². The van der Waals surface area contributed by atoms with Crippen LogP contribution in [0.3, 0.4) is 0 Å². The molecule has 3 heterocycles. The second-order valence-corrected chi connectivity index (χ2v) is 15.5. The van der Waals surface area contributed by atoms with E-state index in [1.165, 1.54) is 17.5 Å². The fraction of sp³-hybridized carbons (Fsp3) is 0.459. The van der Waals surface area contributed by atoms with Crippen molar-refractivity contribution in [3.05, 3.63) is 94.5 Å². The van der Waals surface area contributed by atoms with E-state index in [4.69, 9.17) is 21.1 Å². The molecule has 0 unspecified atom stereocenters. The van der Waals surface area contributed by atoms with Crippen molar-refractivity contribution in [3.8, 4) is 5.75 Å². The molecule has 1 aromatic heterocycles. The number of hydrogen-bond acceptors (Lipinski definition) is 8. The SMILES string of the molecule is CO[C@H]1/C=C/CCC[S@@](=O)(NC(=O)CCc2ccncn2)=NC(=O)c2ccc3c(c2)N(Cc2ccc(Cl)cc2CCCCO3)C[C@@H]2CC[C@H]21. The molecule has 260 valence electrons. The second kappa shape index (κ2) is 16.3. The number of rotatable bonds is 5. The number of allylic oxidation sites excluding steroid dienone is 1. The lowest BCUT2D eigenvalue weighted by Crippen LogP contribution is -2.43. The van der Waals surface area contributed by atoms with Crippen molar-refractivity contribution < 1.29 is 23.3 Å². The summed E-state index contributed by atoms with van der Waals surface area (Å²) in [6, 6.07) is 13.1. The average Bonchev–Trinajstić information content (AvgIpc) is 3.11.